The Balaban J connectivity index is 1.34. The Morgan fingerprint density at radius 2 is 1.92 bits per heavy atom. The summed E-state index contributed by atoms with van der Waals surface area (Å²) in [6.07, 6.45) is 4.29. The summed E-state index contributed by atoms with van der Waals surface area (Å²) in [6.45, 7) is 7.68. The number of rotatable bonds is 8. The normalized spacial score (nSPS) is 25.4. The molecule has 3 unspecified atom stereocenters. The first-order chi connectivity index (χ1) is 18.4. The Bertz CT molecular complexity index is 1170. The van der Waals surface area contributed by atoms with E-state index in [0.29, 0.717) is 13.0 Å². The van der Waals surface area contributed by atoms with Crippen LogP contribution in [0, 0.1) is 17.1 Å². The van der Waals surface area contributed by atoms with Gasteiger partial charge in [-0.2, -0.15) is 5.26 Å². The number of nitriles is 1. The Morgan fingerprint density at radius 3 is 2.44 bits per heavy atom. The quantitative estimate of drug-likeness (QED) is 0.544. The molecule has 4 fully saturated rings. The Hall–Kier alpha value is -3.19. The maximum Gasteiger partial charge on any atom is 0.408 e. The van der Waals surface area contributed by atoms with Crippen molar-refractivity contribution >= 4 is 17.9 Å². The number of hydrogen-bond acceptors (Lipinski definition) is 6. The molecule has 2 saturated heterocycles. The van der Waals surface area contributed by atoms with Gasteiger partial charge in [0, 0.05) is 25.2 Å². The minimum absolute atomic E-state index is 0.0168. The van der Waals surface area contributed by atoms with E-state index in [2.05, 4.69) is 11.4 Å². The zero-order valence-electron chi connectivity index (χ0n) is 23.2. The van der Waals surface area contributed by atoms with Gasteiger partial charge in [-0.15, -0.1) is 0 Å². The number of piperazine rings is 1. The Morgan fingerprint density at radius 1 is 1.26 bits per heavy atom. The number of nitrogens with zero attached hydrogens (tertiary/aromatic N) is 4. The van der Waals surface area contributed by atoms with E-state index in [0.717, 1.165) is 37.7 Å². The lowest BCUT2D eigenvalue weighted by Crippen LogP contribution is -2.63. The van der Waals surface area contributed by atoms with Gasteiger partial charge in [-0.1, -0.05) is 12.1 Å². The van der Waals surface area contributed by atoms with Crippen LogP contribution in [0.25, 0.3) is 0 Å². The van der Waals surface area contributed by atoms with Crippen LogP contribution in [0.3, 0.4) is 0 Å². The predicted octanol–water partition coefficient (Wildman–Crippen LogP) is 3.29. The van der Waals surface area contributed by atoms with Gasteiger partial charge in [0.1, 0.15) is 23.5 Å². The number of amides is 3. The molecule has 2 bridgehead atoms. The Labute approximate surface area is 229 Å². The van der Waals surface area contributed by atoms with Crippen LogP contribution in [0.4, 0.5) is 9.18 Å². The third kappa shape index (κ3) is 5.21. The van der Waals surface area contributed by atoms with Crippen LogP contribution in [0.5, 0.6) is 0 Å². The zero-order chi connectivity index (χ0) is 28.1. The molecule has 1 N–H and O–H groups in total. The maximum absolute atomic E-state index is 13.8. The van der Waals surface area contributed by atoms with E-state index in [1.54, 1.807) is 44.7 Å². The second-order valence-electron chi connectivity index (χ2n) is 12.4. The van der Waals surface area contributed by atoms with Crippen molar-refractivity contribution in [2.45, 2.75) is 108 Å². The largest absolute Gasteiger partial charge is 0.444 e. The zero-order valence-corrected chi connectivity index (χ0v) is 23.2. The lowest BCUT2D eigenvalue weighted by Gasteiger charge is -2.53. The van der Waals surface area contributed by atoms with E-state index in [4.69, 9.17) is 4.74 Å². The molecule has 2 aliphatic heterocycles. The lowest BCUT2D eigenvalue weighted by molar-refractivity contribution is -0.150. The fourth-order valence-electron chi connectivity index (χ4n) is 6.52. The van der Waals surface area contributed by atoms with Crippen molar-refractivity contribution in [2.24, 2.45) is 0 Å². The molecule has 4 aliphatic rings. The number of ether oxygens (including phenoxy) is 1. The summed E-state index contributed by atoms with van der Waals surface area (Å²) >= 11 is 0. The molecule has 5 rings (SSSR count). The fraction of sp³-hybridized carbons (Fsp3) is 0.655. The van der Waals surface area contributed by atoms with E-state index in [1.807, 2.05) is 9.80 Å². The van der Waals surface area contributed by atoms with Crippen LogP contribution in [0.1, 0.15) is 71.8 Å². The number of carbonyl (C=O) groups excluding carboxylic acids is 3. The highest BCUT2D eigenvalue weighted by Crippen LogP contribution is 2.52. The molecule has 4 atom stereocenters. The summed E-state index contributed by atoms with van der Waals surface area (Å²) in [6, 6.07) is 6.61. The van der Waals surface area contributed by atoms with Crippen LogP contribution < -0.4 is 5.32 Å². The molecule has 1 aromatic rings. The molecular weight excluding hydrogens is 501 g/mol. The predicted molar refractivity (Wildman–Crippen MR) is 141 cm³/mol. The number of hydrogen-bond donors (Lipinski definition) is 1. The van der Waals surface area contributed by atoms with E-state index in [1.165, 1.54) is 12.1 Å². The van der Waals surface area contributed by atoms with Crippen molar-refractivity contribution in [1.82, 2.24) is 20.0 Å². The van der Waals surface area contributed by atoms with Gasteiger partial charge in [0.25, 0.3) is 0 Å². The summed E-state index contributed by atoms with van der Waals surface area (Å²) in [4.78, 5) is 45.8. The SMILES string of the molecule is CC(C#N)N(C(=O)C(CN1C[C@@H]2CC1C(=O)N2C1(c2ccc(F)cc2)CCC1)NC(=O)OC(C)(C)C)C1CC1. The number of halogens is 1. The maximum atomic E-state index is 13.8. The molecule has 39 heavy (non-hydrogen) atoms. The van der Waals surface area contributed by atoms with Gasteiger partial charge in [-0.3, -0.25) is 14.5 Å². The first-order valence-corrected chi connectivity index (χ1v) is 14.0. The molecule has 0 radical (unpaired) electrons. The van der Waals surface area contributed by atoms with Crippen molar-refractivity contribution in [1.29, 1.82) is 5.26 Å². The number of carbonyl (C=O) groups is 3. The molecule has 3 amide bonds. The topological polar surface area (TPSA) is 106 Å². The minimum Gasteiger partial charge on any atom is -0.444 e. The van der Waals surface area contributed by atoms with Crippen LogP contribution in [0.2, 0.25) is 0 Å². The molecular formula is C29H38FN5O4. The highest BCUT2D eigenvalue weighted by atomic mass is 19.1. The summed E-state index contributed by atoms with van der Waals surface area (Å²) < 4.78 is 19.1. The highest BCUT2D eigenvalue weighted by molar-refractivity contribution is 5.89. The summed E-state index contributed by atoms with van der Waals surface area (Å²) in [7, 11) is 0. The molecule has 0 spiro atoms. The first-order valence-electron chi connectivity index (χ1n) is 14.0. The molecule has 2 saturated carbocycles. The van der Waals surface area contributed by atoms with Crippen molar-refractivity contribution in [2.75, 3.05) is 13.1 Å². The number of nitrogens with one attached hydrogen (secondary N) is 1. The average Bonchev–Trinajstić information content (AvgIpc) is 3.51. The van der Waals surface area contributed by atoms with Gasteiger partial charge >= 0.3 is 6.09 Å². The third-order valence-electron chi connectivity index (χ3n) is 8.50. The van der Waals surface area contributed by atoms with Crippen molar-refractivity contribution < 1.29 is 23.5 Å². The van der Waals surface area contributed by atoms with Crippen LogP contribution in [-0.4, -0.2) is 81.5 Å². The molecule has 2 heterocycles. The highest BCUT2D eigenvalue weighted by Gasteiger charge is 2.59. The summed E-state index contributed by atoms with van der Waals surface area (Å²) in [5.41, 5.74) is -0.188. The smallest absolute Gasteiger partial charge is 0.408 e. The number of alkyl carbamates (subject to hydrolysis) is 1. The molecule has 210 valence electrons. The van der Waals surface area contributed by atoms with Crippen molar-refractivity contribution in [3.63, 3.8) is 0 Å². The second-order valence-corrected chi connectivity index (χ2v) is 12.4. The van der Waals surface area contributed by atoms with E-state index >= 15 is 0 Å². The fourth-order valence-corrected chi connectivity index (χ4v) is 6.52. The molecule has 2 aliphatic carbocycles. The minimum atomic E-state index is -0.952. The monoisotopic (exact) mass is 539 g/mol. The molecule has 0 aromatic heterocycles. The standard InChI is InChI=1S/C29H38FN5O4/c1-18(15-31)34(21-10-11-21)25(36)23(32-27(38)39-28(2,3)4)17-33-16-22-14-24(33)26(37)35(22)29(12-5-13-29)19-6-8-20(30)9-7-19/h6-9,18,21-24H,5,10-14,16-17H2,1-4H3,(H,32,38)/t18?,22-,23?,24?/m0/s1. The summed E-state index contributed by atoms with van der Waals surface area (Å²) in [5, 5.41) is 12.3. The summed E-state index contributed by atoms with van der Waals surface area (Å²) in [5.74, 6) is -0.609. The van der Waals surface area contributed by atoms with Crippen LogP contribution >= 0.6 is 0 Å². The van der Waals surface area contributed by atoms with Crippen molar-refractivity contribution in [3.05, 3.63) is 35.6 Å². The van der Waals surface area contributed by atoms with Gasteiger partial charge < -0.3 is 19.9 Å². The van der Waals surface area contributed by atoms with E-state index < -0.39 is 35.4 Å². The van der Waals surface area contributed by atoms with Gasteiger partial charge in [0.05, 0.1) is 17.6 Å². The first kappa shape index (κ1) is 27.4. The van der Waals surface area contributed by atoms with Gasteiger partial charge in [0.15, 0.2) is 0 Å². The number of fused-ring (bicyclic) bond motifs is 2. The van der Waals surface area contributed by atoms with Gasteiger partial charge in [0.2, 0.25) is 11.8 Å². The van der Waals surface area contributed by atoms with E-state index in [9.17, 15) is 24.0 Å². The van der Waals surface area contributed by atoms with Gasteiger partial charge in [-0.05, 0) is 83.9 Å². The van der Waals surface area contributed by atoms with E-state index in [-0.39, 0.29) is 36.3 Å². The second kappa shape index (κ2) is 10.1. The Kier molecular flexibility index (Phi) is 7.08. The lowest BCUT2D eigenvalue weighted by atomic mass is 9.70. The van der Waals surface area contributed by atoms with Crippen LogP contribution in [-0.2, 0) is 19.9 Å². The van der Waals surface area contributed by atoms with Crippen molar-refractivity contribution in [3.8, 4) is 6.07 Å². The number of likely N-dealkylation sites (tertiary alicyclic amines) is 2. The molecule has 1 aromatic carbocycles. The molecule has 10 heteroatoms. The third-order valence-corrected chi connectivity index (χ3v) is 8.50. The average molecular weight is 540 g/mol. The van der Waals surface area contributed by atoms with Gasteiger partial charge in [-0.25, -0.2) is 9.18 Å². The number of benzene rings is 1. The van der Waals surface area contributed by atoms with Crippen LogP contribution in [0.15, 0.2) is 24.3 Å². The molecule has 9 nitrogen and oxygen atoms in total.